The predicted octanol–water partition coefficient (Wildman–Crippen LogP) is 1.35. The first-order valence-electron chi connectivity index (χ1n) is 4.24. The number of rotatable bonds is 1. The largest absolute Gasteiger partial charge is 0.545 e. The molecule has 0 heterocycles. The van der Waals surface area contributed by atoms with E-state index in [0.29, 0.717) is 0 Å². The second kappa shape index (κ2) is 3.21. The maximum atomic E-state index is 10.8. The molecule has 0 aliphatic rings. The zero-order valence-electron chi connectivity index (χ0n) is 8.13. The van der Waals surface area contributed by atoms with Gasteiger partial charge < -0.3 is 9.90 Å². The normalized spacial score (nSPS) is 11.3. The number of hydrogen-bond acceptors (Lipinski definition) is 2. The molecule has 0 bridgehead atoms. The Hall–Kier alpha value is -1.31. The lowest BCUT2D eigenvalue weighted by Crippen LogP contribution is -2.27. The summed E-state index contributed by atoms with van der Waals surface area (Å²) in [5, 5.41) is 10.8. The van der Waals surface area contributed by atoms with Crippen LogP contribution in [0.2, 0.25) is 0 Å². The quantitative estimate of drug-likeness (QED) is 0.649. The van der Waals surface area contributed by atoms with Crippen molar-refractivity contribution in [1.82, 2.24) is 0 Å². The molecule has 0 aliphatic carbocycles. The van der Waals surface area contributed by atoms with Gasteiger partial charge in [-0.05, 0) is 11.0 Å². The Labute approximate surface area is 78.2 Å². The van der Waals surface area contributed by atoms with Crippen molar-refractivity contribution in [3.8, 4) is 0 Å². The maximum absolute atomic E-state index is 10.8. The Morgan fingerprint density at radius 3 is 2.15 bits per heavy atom. The molecular weight excluding hydrogens is 164 g/mol. The molecule has 2 heteroatoms. The van der Waals surface area contributed by atoms with Crippen molar-refractivity contribution in [2.45, 2.75) is 26.2 Å². The number of aromatic carboxylic acids is 1. The zero-order chi connectivity index (χ0) is 10.1. The van der Waals surface area contributed by atoms with Gasteiger partial charge in [-0.1, -0.05) is 45.0 Å². The first-order valence-corrected chi connectivity index (χ1v) is 4.24. The summed E-state index contributed by atoms with van der Waals surface area (Å²) in [6, 6.07) is 6.95. The zero-order valence-corrected chi connectivity index (χ0v) is 8.13. The molecule has 13 heavy (non-hydrogen) atoms. The lowest BCUT2D eigenvalue weighted by molar-refractivity contribution is -0.255. The lowest BCUT2D eigenvalue weighted by Gasteiger charge is -2.23. The van der Waals surface area contributed by atoms with Crippen LogP contribution >= 0.6 is 0 Å². The molecule has 0 fully saturated rings. The number of carbonyl (C=O) groups excluding carboxylic acids is 1. The highest BCUT2D eigenvalue weighted by atomic mass is 16.4. The first-order chi connectivity index (χ1) is 5.93. The Morgan fingerprint density at radius 2 is 1.77 bits per heavy atom. The summed E-state index contributed by atoms with van der Waals surface area (Å²) in [7, 11) is 0. The maximum Gasteiger partial charge on any atom is 0.0718 e. The molecule has 1 aromatic carbocycles. The topological polar surface area (TPSA) is 40.1 Å². The van der Waals surface area contributed by atoms with E-state index >= 15 is 0 Å². The summed E-state index contributed by atoms with van der Waals surface area (Å²) in [5.74, 6) is -1.11. The third-order valence-corrected chi connectivity index (χ3v) is 1.95. The van der Waals surface area contributed by atoms with Crippen LogP contribution in [0.25, 0.3) is 0 Å². The van der Waals surface area contributed by atoms with Crippen LogP contribution in [0.1, 0.15) is 36.7 Å². The van der Waals surface area contributed by atoms with Crippen molar-refractivity contribution in [1.29, 1.82) is 0 Å². The fourth-order valence-electron chi connectivity index (χ4n) is 1.32. The van der Waals surface area contributed by atoms with E-state index in [1.165, 1.54) is 0 Å². The molecular formula is C11H13O2-. The Bertz CT molecular complexity index is 321. The molecule has 0 N–H and O–H groups in total. The fraction of sp³-hybridized carbons (Fsp3) is 0.364. The summed E-state index contributed by atoms with van der Waals surface area (Å²) in [6.45, 7) is 5.94. The fourth-order valence-corrected chi connectivity index (χ4v) is 1.32. The Morgan fingerprint density at radius 1 is 1.23 bits per heavy atom. The van der Waals surface area contributed by atoms with E-state index in [-0.39, 0.29) is 11.0 Å². The standard InChI is InChI=1S/C11H14O2/c1-11(2,3)9-7-5-4-6-8(9)10(12)13/h4-7H,1-3H3,(H,12,13)/p-1. The van der Waals surface area contributed by atoms with Crippen LogP contribution in [0.15, 0.2) is 24.3 Å². The minimum atomic E-state index is -1.11. The molecule has 0 atom stereocenters. The highest BCUT2D eigenvalue weighted by Gasteiger charge is 2.17. The Kier molecular flexibility index (Phi) is 2.41. The third kappa shape index (κ3) is 2.08. The van der Waals surface area contributed by atoms with Gasteiger partial charge in [-0.2, -0.15) is 0 Å². The van der Waals surface area contributed by atoms with E-state index in [1.807, 2.05) is 32.9 Å². The summed E-state index contributed by atoms with van der Waals surface area (Å²) in [5.41, 5.74) is 0.946. The molecule has 1 aromatic rings. The predicted molar refractivity (Wildman–Crippen MR) is 49.5 cm³/mol. The van der Waals surface area contributed by atoms with Gasteiger partial charge in [0, 0.05) is 5.56 Å². The van der Waals surface area contributed by atoms with Gasteiger partial charge in [0.25, 0.3) is 0 Å². The van der Waals surface area contributed by atoms with E-state index < -0.39 is 5.97 Å². The SMILES string of the molecule is CC(C)(C)c1ccccc1C(=O)[O-]. The van der Waals surface area contributed by atoms with Gasteiger partial charge in [-0.15, -0.1) is 0 Å². The molecule has 0 unspecified atom stereocenters. The van der Waals surface area contributed by atoms with Gasteiger partial charge in [-0.25, -0.2) is 0 Å². The molecule has 70 valence electrons. The molecule has 1 rings (SSSR count). The van der Waals surface area contributed by atoms with E-state index in [2.05, 4.69) is 0 Å². The number of carboxylic acid groups (broad SMARTS) is 1. The monoisotopic (exact) mass is 177 g/mol. The molecule has 0 aromatic heterocycles. The molecule has 0 amide bonds. The van der Waals surface area contributed by atoms with Crippen molar-refractivity contribution >= 4 is 5.97 Å². The van der Waals surface area contributed by atoms with Crippen LogP contribution in [0, 0.1) is 0 Å². The number of carboxylic acids is 1. The second-order valence-corrected chi connectivity index (χ2v) is 4.08. The van der Waals surface area contributed by atoms with Crippen LogP contribution in [-0.2, 0) is 5.41 Å². The van der Waals surface area contributed by atoms with Crippen molar-refractivity contribution < 1.29 is 9.90 Å². The minimum absolute atomic E-state index is 0.156. The van der Waals surface area contributed by atoms with Crippen molar-refractivity contribution in [3.63, 3.8) is 0 Å². The van der Waals surface area contributed by atoms with Crippen molar-refractivity contribution in [3.05, 3.63) is 35.4 Å². The van der Waals surface area contributed by atoms with Gasteiger partial charge in [0.2, 0.25) is 0 Å². The average molecular weight is 177 g/mol. The van der Waals surface area contributed by atoms with Crippen molar-refractivity contribution in [2.24, 2.45) is 0 Å². The summed E-state index contributed by atoms with van der Waals surface area (Å²) >= 11 is 0. The van der Waals surface area contributed by atoms with Gasteiger partial charge in [0.1, 0.15) is 0 Å². The van der Waals surface area contributed by atoms with Gasteiger partial charge in [-0.3, -0.25) is 0 Å². The van der Waals surface area contributed by atoms with Gasteiger partial charge in [0.15, 0.2) is 0 Å². The molecule has 0 spiro atoms. The van der Waals surface area contributed by atoms with Crippen LogP contribution in [0.3, 0.4) is 0 Å². The van der Waals surface area contributed by atoms with Gasteiger partial charge in [0.05, 0.1) is 5.97 Å². The Balaban J connectivity index is 3.28. The third-order valence-electron chi connectivity index (χ3n) is 1.95. The second-order valence-electron chi connectivity index (χ2n) is 4.08. The number of carbonyl (C=O) groups is 1. The van der Waals surface area contributed by atoms with E-state index in [1.54, 1.807) is 12.1 Å². The smallest absolute Gasteiger partial charge is 0.0718 e. The molecule has 0 radical (unpaired) electrons. The molecule has 0 aliphatic heterocycles. The number of hydrogen-bond donors (Lipinski definition) is 0. The van der Waals surface area contributed by atoms with Gasteiger partial charge >= 0.3 is 0 Å². The van der Waals surface area contributed by atoms with E-state index in [4.69, 9.17) is 0 Å². The first kappa shape index (κ1) is 9.78. The van der Waals surface area contributed by atoms with Crippen LogP contribution in [0.5, 0.6) is 0 Å². The highest BCUT2D eigenvalue weighted by molar-refractivity contribution is 5.88. The average Bonchev–Trinajstić information content (AvgIpc) is 2.03. The van der Waals surface area contributed by atoms with Crippen LogP contribution in [-0.4, -0.2) is 5.97 Å². The summed E-state index contributed by atoms with van der Waals surface area (Å²) in [4.78, 5) is 10.8. The molecule has 0 saturated heterocycles. The van der Waals surface area contributed by atoms with E-state index in [0.717, 1.165) is 5.56 Å². The van der Waals surface area contributed by atoms with Crippen LogP contribution < -0.4 is 5.11 Å². The molecule has 2 nitrogen and oxygen atoms in total. The summed E-state index contributed by atoms with van der Waals surface area (Å²) in [6.07, 6.45) is 0. The van der Waals surface area contributed by atoms with E-state index in [9.17, 15) is 9.90 Å². The molecule has 0 saturated carbocycles. The highest BCUT2D eigenvalue weighted by Crippen LogP contribution is 2.24. The minimum Gasteiger partial charge on any atom is -0.545 e. The lowest BCUT2D eigenvalue weighted by atomic mass is 9.84. The van der Waals surface area contributed by atoms with Crippen LogP contribution in [0.4, 0.5) is 0 Å². The number of benzene rings is 1. The van der Waals surface area contributed by atoms with Crippen molar-refractivity contribution in [2.75, 3.05) is 0 Å². The summed E-state index contributed by atoms with van der Waals surface area (Å²) < 4.78 is 0.